The number of amides is 1. The number of hydrogen-bond acceptors (Lipinski definition) is 5. The van der Waals surface area contributed by atoms with E-state index in [1.165, 1.54) is 12.4 Å². The number of rotatable bonds is 3. The van der Waals surface area contributed by atoms with Crippen LogP contribution in [-0.4, -0.2) is 55.8 Å². The van der Waals surface area contributed by atoms with E-state index in [0.717, 1.165) is 4.90 Å². The zero-order chi connectivity index (χ0) is 14.0. The fourth-order valence-electron chi connectivity index (χ4n) is 1.88. The van der Waals surface area contributed by atoms with Crippen molar-refractivity contribution in [1.29, 1.82) is 0 Å². The van der Waals surface area contributed by atoms with Crippen molar-refractivity contribution in [2.75, 3.05) is 6.54 Å². The fourth-order valence-corrected chi connectivity index (χ4v) is 2.02. The summed E-state index contributed by atoms with van der Waals surface area (Å²) >= 11 is 5.66. The lowest BCUT2D eigenvalue weighted by molar-refractivity contribution is -0.141. The summed E-state index contributed by atoms with van der Waals surface area (Å²) in [5, 5.41) is 18.1. The Morgan fingerprint density at radius 3 is 2.68 bits per heavy atom. The highest BCUT2D eigenvalue weighted by molar-refractivity contribution is 6.29. The SMILES string of the molecule is O=C(O)[C@@H]1C[C@H](Oc2cc(Cl)ncn2)CN1C(=O)O. The molecule has 1 aromatic heterocycles. The van der Waals surface area contributed by atoms with Crippen molar-refractivity contribution < 1.29 is 24.5 Å². The van der Waals surface area contributed by atoms with E-state index in [-0.39, 0.29) is 24.0 Å². The van der Waals surface area contributed by atoms with E-state index in [2.05, 4.69) is 9.97 Å². The molecule has 0 unspecified atom stereocenters. The predicted molar refractivity (Wildman–Crippen MR) is 62.2 cm³/mol. The first-order valence-electron chi connectivity index (χ1n) is 5.34. The van der Waals surface area contributed by atoms with Gasteiger partial charge in [0.15, 0.2) is 0 Å². The molecule has 1 aromatic rings. The van der Waals surface area contributed by atoms with E-state index in [9.17, 15) is 9.59 Å². The van der Waals surface area contributed by atoms with Gasteiger partial charge in [0.1, 0.15) is 23.6 Å². The number of ether oxygens (including phenoxy) is 1. The minimum Gasteiger partial charge on any atom is -0.480 e. The normalized spacial score (nSPS) is 22.3. The lowest BCUT2D eigenvalue weighted by atomic mass is 10.2. The number of carboxylic acid groups (broad SMARTS) is 2. The molecule has 102 valence electrons. The number of aliphatic carboxylic acids is 1. The van der Waals surface area contributed by atoms with Crippen molar-refractivity contribution in [2.45, 2.75) is 18.6 Å². The van der Waals surface area contributed by atoms with Crippen LogP contribution < -0.4 is 4.74 Å². The maximum Gasteiger partial charge on any atom is 0.408 e. The van der Waals surface area contributed by atoms with Crippen LogP contribution in [0.4, 0.5) is 4.79 Å². The highest BCUT2D eigenvalue weighted by atomic mass is 35.5. The number of carboxylic acids is 1. The minimum absolute atomic E-state index is 0.0338. The van der Waals surface area contributed by atoms with Crippen LogP contribution in [0.15, 0.2) is 12.4 Å². The predicted octanol–water partition coefficient (Wildman–Crippen LogP) is 0.714. The van der Waals surface area contributed by atoms with Crippen molar-refractivity contribution in [3.05, 3.63) is 17.5 Å². The molecular weight excluding hydrogens is 278 g/mol. The van der Waals surface area contributed by atoms with Crippen LogP contribution in [0.5, 0.6) is 5.88 Å². The summed E-state index contributed by atoms with van der Waals surface area (Å²) in [7, 11) is 0. The van der Waals surface area contributed by atoms with Gasteiger partial charge in [-0.25, -0.2) is 19.6 Å². The Kier molecular flexibility index (Phi) is 3.70. The Balaban J connectivity index is 2.07. The van der Waals surface area contributed by atoms with Crippen molar-refractivity contribution in [2.24, 2.45) is 0 Å². The van der Waals surface area contributed by atoms with Gasteiger partial charge >= 0.3 is 12.1 Å². The summed E-state index contributed by atoms with van der Waals surface area (Å²) < 4.78 is 5.41. The van der Waals surface area contributed by atoms with Crippen LogP contribution >= 0.6 is 11.6 Å². The molecule has 8 nitrogen and oxygen atoms in total. The second kappa shape index (κ2) is 5.27. The molecule has 1 fully saturated rings. The molecule has 0 bridgehead atoms. The van der Waals surface area contributed by atoms with Gasteiger partial charge < -0.3 is 14.9 Å². The zero-order valence-corrected chi connectivity index (χ0v) is 10.3. The Morgan fingerprint density at radius 1 is 1.42 bits per heavy atom. The molecule has 0 spiro atoms. The molecule has 0 aliphatic carbocycles. The fraction of sp³-hybridized carbons (Fsp3) is 0.400. The van der Waals surface area contributed by atoms with Crippen LogP contribution in [0.2, 0.25) is 5.15 Å². The maximum atomic E-state index is 11.0. The van der Waals surface area contributed by atoms with Gasteiger partial charge in [0.05, 0.1) is 6.54 Å². The van der Waals surface area contributed by atoms with Crippen LogP contribution in [-0.2, 0) is 4.79 Å². The molecule has 0 aromatic carbocycles. The van der Waals surface area contributed by atoms with Crippen LogP contribution in [0, 0.1) is 0 Å². The Labute approximate surface area is 112 Å². The topological polar surface area (TPSA) is 113 Å². The molecule has 1 amide bonds. The first kappa shape index (κ1) is 13.3. The van der Waals surface area contributed by atoms with Gasteiger partial charge in [0.2, 0.25) is 5.88 Å². The maximum absolute atomic E-state index is 11.0. The Bertz CT molecular complexity index is 490. The van der Waals surface area contributed by atoms with Crippen molar-refractivity contribution >= 4 is 23.7 Å². The number of carbonyl (C=O) groups is 2. The molecule has 2 atom stereocenters. The largest absolute Gasteiger partial charge is 0.480 e. The van der Waals surface area contributed by atoms with Gasteiger partial charge in [0.25, 0.3) is 0 Å². The number of likely N-dealkylation sites (tertiary alicyclic amines) is 1. The quantitative estimate of drug-likeness (QED) is 0.787. The van der Waals surface area contributed by atoms with Crippen molar-refractivity contribution in [3.8, 4) is 5.88 Å². The van der Waals surface area contributed by atoms with Gasteiger partial charge in [-0.1, -0.05) is 11.6 Å². The summed E-state index contributed by atoms with van der Waals surface area (Å²) in [4.78, 5) is 30.2. The molecule has 19 heavy (non-hydrogen) atoms. The summed E-state index contributed by atoms with van der Waals surface area (Å²) in [6.45, 7) is -0.0338. The Hall–Kier alpha value is -2.09. The molecule has 2 rings (SSSR count). The van der Waals surface area contributed by atoms with Gasteiger partial charge in [-0.05, 0) is 0 Å². The highest BCUT2D eigenvalue weighted by Gasteiger charge is 2.41. The van der Waals surface area contributed by atoms with Gasteiger partial charge in [0, 0.05) is 12.5 Å². The number of halogens is 1. The van der Waals surface area contributed by atoms with Crippen LogP contribution in [0.3, 0.4) is 0 Å². The van der Waals surface area contributed by atoms with E-state index in [0.29, 0.717) is 0 Å². The molecule has 0 radical (unpaired) electrons. The second-order valence-electron chi connectivity index (χ2n) is 3.94. The third kappa shape index (κ3) is 3.02. The van der Waals surface area contributed by atoms with E-state index in [4.69, 9.17) is 26.6 Å². The third-order valence-corrected chi connectivity index (χ3v) is 2.90. The molecule has 1 aliphatic rings. The second-order valence-corrected chi connectivity index (χ2v) is 4.33. The lowest BCUT2D eigenvalue weighted by Gasteiger charge is -2.16. The highest BCUT2D eigenvalue weighted by Crippen LogP contribution is 2.23. The summed E-state index contributed by atoms with van der Waals surface area (Å²) in [5.74, 6) is -1.02. The van der Waals surface area contributed by atoms with E-state index in [1.807, 2.05) is 0 Å². The van der Waals surface area contributed by atoms with Crippen LogP contribution in [0.25, 0.3) is 0 Å². The number of hydrogen-bond donors (Lipinski definition) is 2. The lowest BCUT2D eigenvalue weighted by Crippen LogP contribution is -2.39. The van der Waals surface area contributed by atoms with Crippen LogP contribution in [0.1, 0.15) is 6.42 Å². The van der Waals surface area contributed by atoms with Gasteiger partial charge in [-0.2, -0.15) is 0 Å². The molecule has 0 saturated carbocycles. The van der Waals surface area contributed by atoms with Crippen molar-refractivity contribution in [1.82, 2.24) is 14.9 Å². The molecule has 1 aliphatic heterocycles. The van der Waals surface area contributed by atoms with Crippen molar-refractivity contribution in [3.63, 3.8) is 0 Å². The minimum atomic E-state index is -1.29. The summed E-state index contributed by atoms with van der Waals surface area (Å²) in [6.07, 6.45) is -0.609. The number of nitrogens with zero attached hydrogens (tertiary/aromatic N) is 3. The molecule has 9 heteroatoms. The Morgan fingerprint density at radius 2 is 2.16 bits per heavy atom. The molecule has 1 saturated heterocycles. The first-order chi connectivity index (χ1) is 8.97. The summed E-state index contributed by atoms with van der Waals surface area (Å²) in [5.41, 5.74) is 0. The van der Waals surface area contributed by atoms with Gasteiger partial charge in [-0.15, -0.1) is 0 Å². The number of aromatic nitrogens is 2. The zero-order valence-electron chi connectivity index (χ0n) is 9.56. The average molecular weight is 288 g/mol. The molecular formula is C10H10ClN3O5. The molecule has 2 heterocycles. The van der Waals surface area contributed by atoms with Gasteiger partial charge in [-0.3, -0.25) is 4.90 Å². The summed E-state index contributed by atoms with van der Waals surface area (Å²) in [6, 6.07) is 0.264. The first-order valence-corrected chi connectivity index (χ1v) is 5.71. The standard InChI is InChI=1S/C10H10ClN3O5/c11-7-2-8(13-4-12-7)19-5-1-6(9(15)16)14(3-5)10(17)18/h2,4-6H,1,3H2,(H,15,16)(H,17,18)/t5-,6-/m0/s1. The van der Waals surface area contributed by atoms with E-state index < -0.39 is 24.2 Å². The van der Waals surface area contributed by atoms with E-state index in [1.54, 1.807) is 0 Å². The van der Waals surface area contributed by atoms with E-state index >= 15 is 0 Å². The third-order valence-electron chi connectivity index (χ3n) is 2.69. The smallest absolute Gasteiger partial charge is 0.408 e. The average Bonchev–Trinajstić information content (AvgIpc) is 2.73. The molecule has 2 N–H and O–H groups in total. The monoisotopic (exact) mass is 287 g/mol.